The second kappa shape index (κ2) is 5.40. The van der Waals surface area contributed by atoms with E-state index >= 15 is 0 Å². The smallest absolute Gasteiger partial charge is 0.136 e. The molecule has 4 aliphatic rings. The number of ketones is 1. The third-order valence-corrected chi connectivity index (χ3v) is 8.50. The fraction of sp³-hybridized carbons (Fsp3) is 0.857. The summed E-state index contributed by atoms with van der Waals surface area (Å²) in [5.41, 5.74) is 1.48. The van der Waals surface area contributed by atoms with E-state index in [9.17, 15) is 14.3 Å². The maximum Gasteiger partial charge on any atom is 0.136 e. The first kappa shape index (κ1) is 16.8. The van der Waals surface area contributed by atoms with Gasteiger partial charge in [0.1, 0.15) is 12.0 Å². The Bertz CT molecular complexity index is 584. The lowest BCUT2D eigenvalue weighted by Gasteiger charge is -2.57. The molecule has 4 rings (SSSR count). The van der Waals surface area contributed by atoms with Crippen molar-refractivity contribution >= 4 is 5.78 Å². The quantitative estimate of drug-likeness (QED) is 0.719. The number of fused-ring (bicyclic) bond motifs is 5. The molecule has 0 saturated heterocycles. The first-order valence-electron chi connectivity index (χ1n) is 9.79. The van der Waals surface area contributed by atoms with Crippen molar-refractivity contribution in [3.8, 4) is 0 Å². The Hall–Kier alpha value is -0.700. The van der Waals surface area contributed by atoms with Gasteiger partial charge in [-0.2, -0.15) is 0 Å². The van der Waals surface area contributed by atoms with Crippen molar-refractivity contribution in [3.63, 3.8) is 0 Å². The summed E-state index contributed by atoms with van der Waals surface area (Å²) in [7, 11) is 0. The molecule has 0 aromatic rings. The van der Waals surface area contributed by atoms with Crippen molar-refractivity contribution in [1.82, 2.24) is 0 Å². The molecule has 24 heavy (non-hydrogen) atoms. The fourth-order valence-electron chi connectivity index (χ4n) is 7.33. The minimum Gasteiger partial charge on any atom is -0.393 e. The minimum absolute atomic E-state index is 0.0463. The molecule has 0 amide bonds. The van der Waals surface area contributed by atoms with Crippen molar-refractivity contribution < 1.29 is 14.3 Å². The van der Waals surface area contributed by atoms with Crippen molar-refractivity contribution in [2.45, 2.75) is 78.0 Å². The summed E-state index contributed by atoms with van der Waals surface area (Å²) in [5, 5.41) is 10.1. The van der Waals surface area contributed by atoms with Crippen LogP contribution in [0.1, 0.15) is 65.7 Å². The van der Waals surface area contributed by atoms with Gasteiger partial charge in [-0.1, -0.05) is 25.5 Å². The Morgan fingerprint density at radius 2 is 2.00 bits per heavy atom. The lowest BCUT2D eigenvalue weighted by Crippen LogP contribution is -2.51. The largest absolute Gasteiger partial charge is 0.393 e. The normalized spacial score (nSPS) is 53.6. The number of Topliss-reactive ketones (excluding diaryl/α,β-unsaturated/α-hetero) is 1. The van der Waals surface area contributed by atoms with Crippen molar-refractivity contribution in [1.29, 1.82) is 0 Å². The highest BCUT2D eigenvalue weighted by Crippen LogP contribution is 2.66. The monoisotopic (exact) mass is 334 g/mol. The van der Waals surface area contributed by atoms with Gasteiger partial charge >= 0.3 is 0 Å². The van der Waals surface area contributed by atoms with Crippen LogP contribution < -0.4 is 0 Å². The molecule has 3 saturated carbocycles. The van der Waals surface area contributed by atoms with E-state index in [0.29, 0.717) is 24.2 Å². The summed E-state index contributed by atoms with van der Waals surface area (Å²) in [4.78, 5) is 12.1. The van der Waals surface area contributed by atoms with E-state index in [1.54, 1.807) is 6.92 Å². The molecular weight excluding hydrogens is 303 g/mol. The van der Waals surface area contributed by atoms with E-state index in [2.05, 4.69) is 19.9 Å². The zero-order chi connectivity index (χ0) is 17.3. The average molecular weight is 334 g/mol. The number of hydrogen-bond acceptors (Lipinski definition) is 2. The molecule has 0 bridgehead atoms. The molecule has 0 aromatic carbocycles. The Morgan fingerprint density at radius 3 is 2.71 bits per heavy atom. The summed E-state index contributed by atoms with van der Waals surface area (Å²) >= 11 is 0. The van der Waals surface area contributed by atoms with Crippen LogP contribution in [-0.4, -0.2) is 23.2 Å². The van der Waals surface area contributed by atoms with Gasteiger partial charge in [0.05, 0.1) is 12.0 Å². The predicted molar refractivity (Wildman–Crippen MR) is 92.2 cm³/mol. The Balaban J connectivity index is 1.68. The van der Waals surface area contributed by atoms with E-state index in [-0.39, 0.29) is 22.7 Å². The third kappa shape index (κ3) is 2.12. The minimum atomic E-state index is -0.956. The average Bonchev–Trinajstić information content (AvgIpc) is 2.78. The maximum absolute atomic E-state index is 14.8. The van der Waals surface area contributed by atoms with Crippen LogP contribution >= 0.6 is 0 Å². The molecule has 0 heterocycles. The van der Waals surface area contributed by atoms with Gasteiger partial charge in [-0.05, 0) is 80.5 Å². The number of allylic oxidation sites excluding steroid dienone is 1. The zero-order valence-electron chi connectivity index (χ0n) is 15.2. The highest BCUT2D eigenvalue weighted by Gasteiger charge is 2.62. The number of alkyl halides is 1. The number of aliphatic hydroxyl groups is 1. The first-order valence-corrected chi connectivity index (χ1v) is 9.79. The van der Waals surface area contributed by atoms with Gasteiger partial charge in [0, 0.05) is 0 Å². The SMILES string of the molecule is CC(=O)[C@H]1C(F)CC2C3CC=C4CC(O)CC[C@]4(C)C3CC[C@@]21C. The van der Waals surface area contributed by atoms with Crippen LogP contribution in [0.25, 0.3) is 0 Å². The van der Waals surface area contributed by atoms with Crippen molar-refractivity contribution in [2.24, 2.45) is 34.5 Å². The molecule has 1 N–H and O–H groups in total. The number of aliphatic hydroxyl groups excluding tert-OH is 1. The van der Waals surface area contributed by atoms with Crippen molar-refractivity contribution in [2.75, 3.05) is 0 Å². The summed E-state index contributed by atoms with van der Waals surface area (Å²) in [5.74, 6) is 1.10. The van der Waals surface area contributed by atoms with E-state index in [1.165, 1.54) is 5.57 Å². The number of carbonyl (C=O) groups excluding carboxylic acids is 1. The van der Waals surface area contributed by atoms with Crippen molar-refractivity contribution in [3.05, 3.63) is 11.6 Å². The van der Waals surface area contributed by atoms with Gasteiger partial charge in [0.25, 0.3) is 0 Å². The predicted octanol–water partition coefficient (Wildman–Crippen LogP) is 4.46. The fourth-order valence-corrected chi connectivity index (χ4v) is 7.33. The molecule has 8 atom stereocenters. The Kier molecular flexibility index (Phi) is 3.77. The molecule has 0 spiro atoms. The second-order valence-electron chi connectivity index (χ2n) is 9.54. The molecule has 2 nitrogen and oxygen atoms in total. The van der Waals surface area contributed by atoms with Crippen LogP contribution in [0.15, 0.2) is 11.6 Å². The summed E-state index contributed by atoms with van der Waals surface area (Å²) < 4.78 is 14.8. The molecule has 5 unspecified atom stereocenters. The van der Waals surface area contributed by atoms with Crippen LogP contribution in [0.2, 0.25) is 0 Å². The number of hydrogen-bond donors (Lipinski definition) is 1. The first-order chi connectivity index (χ1) is 11.3. The zero-order valence-corrected chi connectivity index (χ0v) is 15.2. The van der Waals surface area contributed by atoms with Crippen LogP contribution in [0.5, 0.6) is 0 Å². The molecule has 0 aliphatic heterocycles. The molecule has 0 radical (unpaired) electrons. The van der Waals surface area contributed by atoms with E-state index in [1.807, 2.05) is 0 Å². The second-order valence-corrected chi connectivity index (χ2v) is 9.54. The topological polar surface area (TPSA) is 37.3 Å². The summed E-state index contributed by atoms with van der Waals surface area (Å²) in [6.45, 7) is 6.15. The van der Waals surface area contributed by atoms with Gasteiger partial charge in [-0.3, -0.25) is 4.79 Å². The number of carbonyl (C=O) groups is 1. The standard InChI is InChI=1S/C21H31FO2/c1-12(23)19-18(22)11-17-15-5-4-13-10-14(24)6-8-20(13,2)16(15)7-9-21(17,19)3/h4,14-19,24H,5-11H2,1-3H3/t14?,15?,16?,17?,18?,19-,20-,21-/m0/s1. The van der Waals surface area contributed by atoms with E-state index in [4.69, 9.17) is 0 Å². The van der Waals surface area contributed by atoms with Crippen LogP contribution in [0.3, 0.4) is 0 Å². The molecule has 3 heteroatoms. The Morgan fingerprint density at radius 1 is 1.25 bits per heavy atom. The van der Waals surface area contributed by atoms with Gasteiger partial charge in [-0.25, -0.2) is 4.39 Å². The lowest BCUT2D eigenvalue weighted by molar-refractivity contribution is -0.129. The maximum atomic E-state index is 14.8. The lowest BCUT2D eigenvalue weighted by atomic mass is 9.47. The molecule has 134 valence electrons. The molecule has 4 aliphatic carbocycles. The van der Waals surface area contributed by atoms with E-state index < -0.39 is 12.1 Å². The molecular formula is C21H31FO2. The summed E-state index contributed by atoms with van der Waals surface area (Å²) in [6.07, 6.45) is 7.67. The van der Waals surface area contributed by atoms with Crippen LogP contribution in [0, 0.1) is 34.5 Å². The Labute approximate surface area is 144 Å². The van der Waals surface area contributed by atoms with Gasteiger partial charge in [0.15, 0.2) is 0 Å². The van der Waals surface area contributed by atoms with Gasteiger partial charge in [-0.15, -0.1) is 0 Å². The van der Waals surface area contributed by atoms with Crippen LogP contribution in [0.4, 0.5) is 4.39 Å². The third-order valence-electron chi connectivity index (χ3n) is 8.50. The highest BCUT2D eigenvalue weighted by molar-refractivity contribution is 5.80. The highest BCUT2D eigenvalue weighted by atomic mass is 19.1. The number of halogens is 1. The molecule has 3 fully saturated rings. The van der Waals surface area contributed by atoms with Gasteiger partial charge < -0.3 is 5.11 Å². The van der Waals surface area contributed by atoms with Crippen LogP contribution in [-0.2, 0) is 4.79 Å². The van der Waals surface area contributed by atoms with Gasteiger partial charge in [0.2, 0.25) is 0 Å². The summed E-state index contributed by atoms with van der Waals surface area (Å²) in [6, 6.07) is 0. The van der Waals surface area contributed by atoms with E-state index in [0.717, 1.165) is 38.5 Å². The number of rotatable bonds is 1. The molecule has 0 aromatic heterocycles.